The highest BCUT2D eigenvalue weighted by Gasteiger charge is 2.36. The molecule has 3 aliphatic carbocycles. The molecule has 0 heterocycles. The Morgan fingerprint density at radius 2 is 1.20 bits per heavy atom. The van der Waals surface area contributed by atoms with Crippen LogP contribution >= 0.6 is 0 Å². The van der Waals surface area contributed by atoms with E-state index in [-0.39, 0.29) is 19.8 Å². The first kappa shape index (κ1) is 24.8. The summed E-state index contributed by atoms with van der Waals surface area (Å²) in [6.07, 6.45) is 15.6. The fourth-order valence-electron chi connectivity index (χ4n) is 5.75. The molecule has 3 heteroatoms. The molecule has 0 radical (unpaired) electrons. The second-order valence-corrected chi connectivity index (χ2v) is 9.24. The topological polar surface area (TPSA) is 63.0 Å². The molecule has 0 aromatic rings. The van der Waals surface area contributed by atoms with Gasteiger partial charge in [0.2, 0.25) is 0 Å². The largest absolute Gasteiger partial charge is 0.412 e. The van der Waals surface area contributed by atoms with Gasteiger partial charge in [0.15, 0.2) is 0 Å². The van der Waals surface area contributed by atoms with Crippen molar-refractivity contribution in [2.45, 2.75) is 104 Å². The molecular formula is C22H47FO2. The highest BCUT2D eigenvalue weighted by Crippen LogP contribution is 2.44. The van der Waals surface area contributed by atoms with Gasteiger partial charge in [0, 0.05) is 1.43 Å². The zero-order valence-electron chi connectivity index (χ0n) is 15.9. The molecule has 0 spiro atoms. The van der Waals surface area contributed by atoms with Crippen LogP contribution in [-0.4, -0.2) is 17.1 Å². The van der Waals surface area contributed by atoms with E-state index in [1.165, 1.54) is 64.2 Å². The standard InChI is InChI=1S/C21H37F.CH4.2H2O.H2/c1-15-3-6-17(7-4-15)14-18-8-10-19(11-9-18)20-12-5-16(2)13-21(20)22;;;;/h15-21H,3-14H2,1-2H3;1H4;2*1H2;1H. The summed E-state index contributed by atoms with van der Waals surface area (Å²) in [7, 11) is 0. The third-order valence-corrected chi connectivity index (χ3v) is 7.38. The maximum atomic E-state index is 14.4. The highest BCUT2D eigenvalue weighted by atomic mass is 19.1. The van der Waals surface area contributed by atoms with Crippen molar-refractivity contribution in [2.75, 3.05) is 0 Å². The first-order valence-electron chi connectivity index (χ1n) is 10.3. The minimum Gasteiger partial charge on any atom is -0.412 e. The smallest absolute Gasteiger partial charge is 0.103 e. The van der Waals surface area contributed by atoms with Crippen molar-refractivity contribution in [1.29, 1.82) is 0 Å². The zero-order valence-corrected chi connectivity index (χ0v) is 15.9. The lowest BCUT2D eigenvalue weighted by Gasteiger charge is -2.40. The average Bonchev–Trinajstić information content (AvgIpc) is 2.51. The Bertz CT molecular complexity index is 339. The Hall–Kier alpha value is -0.150. The molecule has 3 aliphatic rings. The minimum absolute atomic E-state index is 0. The Morgan fingerprint density at radius 1 is 0.720 bits per heavy atom. The minimum atomic E-state index is -0.495. The summed E-state index contributed by atoms with van der Waals surface area (Å²) in [6.45, 7) is 4.64. The Balaban J connectivity index is 0. The molecule has 0 bridgehead atoms. The second-order valence-electron chi connectivity index (χ2n) is 9.24. The SMILES string of the molecule is C.CC1CCC(CC2CCC(C3CCC(C)CC3F)CC2)CC1.O.O.[HH]. The Labute approximate surface area is 157 Å². The third kappa shape index (κ3) is 6.82. The van der Waals surface area contributed by atoms with E-state index in [1.807, 2.05) is 0 Å². The number of rotatable bonds is 3. The second kappa shape index (κ2) is 11.5. The molecule has 3 saturated carbocycles. The van der Waals surface area contributed by atoms with Crippen molar-refractivity contribution in [3.8, 4) is 0 Å². The maximum Gasteiger partial charge on any atom is 0.103 e. The van der Waals surface area contributed by atoms with Gasteiger partial charge in [0.05, 0.1) is 0 Å². The van der Waals surface area contributed by atoms with Gasteiger partial charge < -0.3 is 11.0 Å². The molecule has 3 atom stereocenters. The van der Waals surface area contributed by atoms with Gasteiger partial charge in [-0.25, -0.2) is 4.39 Å². The van der Waals surface area contributed by atoms with Crippen LogP contribution in [0.4, 0.5) is 4.39 Å². The summed E-state index contributed by atoms with van der Waals surface area (Å²) in [4.78, 5) is 0. The van der Waals surface area contributed by atoms with E-state index in [0.29, 0.717) is 17.8 Å². The average molecular weight is 363 g/mol. The van der Waals surface area contributed by atoms with E-state index >= 15 is 0 Å². The maximum absolute atomic E-state index is 14.4. The number of hydrogen-bond acceptors (Lipinski definition) is 0. The summed E-state index contributed by atoms with van der Waals surface area (Å²) in [5.41, 5.74) is 0. The van der Waals surface area contributed by atoms with Gasteiger partial charge in [-0.3, -0.25) is 0 Å². The van der Waals surface area contributed by atoms with Crippen molar-refractivity contribution < 1.29 is 16.8 Å². The predicted octanol–water partition coefficient (Wildman–Crippen LogP) is 6.02. The van der Waals surface area contributed by atoms with Crippen molar-refractivity contribution in [3.05, 3.63) is 0 Å². The monoisotopic (exact) mass is 362 g/mol. The van der Waals surface area contributed by atoms with E-state index in [9.17, 15) is 4.39 Å². The molecular weight excluding hydrogens is 315 g/mol. The Morgan fingerprint density at radius 3 is 1.72 bits per heavy atom. The molecule has 3 unspecified atom stereocenters. The van der Waals surface area contributed by atoms with Gasteiger partial charge in [-0.05, 0) is 67.6 Å². The van der Waals surface area contributed by atoms with Crippen LogP contribution < -0.4 is 0 Å². The van der Waals surface area contributed by atoms with E-state index in [1.54, 1.807) is 0 Å². The van der Waals surface area contributed by atoms with Crippen molar-refractivity contribution in [1.82, 2.24) is 0 Å². The van der Waals surface area contributed by atoms with E-state index in [0.717, 1.165) is 30.6 Å². The first-order valence-corrected chi connectivity index (χ1v) is 10.3. The Kier molecular flexibility index (Phi) is 11.5. The van der Waals surface area contributed by atoms with Crippen molar-refractivity contribution >= 4 is 0 Å². The molecule has 0 saturated heterocycles. The van der Waals surface area contributed by atoms with Crippen LogP contribution in [0.15, 0.2) is 0 Å². The molecule has 154 valence electrons. The van der Waals surface area contributed by atoms with E-state index in [4.69, 9.17) is 0 Å². The molecule has 0 amide bonds. The van der Waals surface area contributed by atoms with Crippen LogP contribution in [0.5, 0.6) is 0 Å². The molecule has 0 aromatic heterocycles. The predicted molar refractivity (Wildman–Crippen MR) is 109 cm³/mol. The van der Waals surface area contributed by atoms with Gasteiger partial charge in [-0.15, -0.1) is 0 Å². The summed E-state index contributed by atoms with van der Waals surface area (Å²) >= 11 is 0. The van der Waals surface area contributed by atoms with Crippen LogP contribution in [0.1, 0.15) is 99.8 Å². The number of halogens is 1. The fraction of sp³-hybridized carbons (Fsp3) is 1.00. The molecule has 0 aliphatic heterocycles. The van der Waals surface area contributed by atoms with Crippen LogP contribution in [0.2, 0.25) is 0 Å². The van der Waals surface area contributed by atoms with Gasteiger partial charge in [0.1, 0.15) is 6.17 Å². The summed E-state index contributed by atoms with van der Waals surface area (Å²) < 4.78 is 14.4. The van der Waals surface area contributed by atoms with Crippen LogP contribution in [0, 0.1) is 35.5 Å². The van der Waals surface area contributed by atoms with Gasteiger partial charge in [-0.2, -0.15) is 0 Å². The van der Waals surface area contributed by atoms with Gasteiger partial charge >= 0.3 is 0 Å². The fourth-order valence-corrected chi connectivity index (χ4v) is 5.75. The third-order valence-electron chi connectivity index (χ3n) is 7.38. The quantitative estimate of drug-likeness (QED) is 0.589. The van der Waals surface area contributed by atoms with Crippen LogP contribution in [-0.2, 0) is 0 Å². The lowest BCUT2D eigenvalue weighted by molar-refractivity contribution is 0.0590. The van der Waals surface area contributed by atoms with Crippen molar-refractivity contribution in [3.63, 3.8) is 0 Å². The molecule has 3 rings (SSSR count). The van der Waals surface area contributed by atoms with Gasteiger partial charge in [-0.1, -0.05) is 66.2 Å². The van der Waals surface area contributed by atoms with Gasteiger partial charge in [0.25, 0.3) is 0 Å². The highest BCUT2D eigenvalue weighted by molar-refractivity contribution is 4.87. The zero-order chi connectivity index (χ0) is 15.5. The number of alkyl halides is 1. The van der Waals surface area contributed by atoms with Crippen molar-refractivity contribution in [2.24, 2.45) is 35.5 Å². The molecule has 25 heavy (non-hydrogen) atoms. The molecule has 2 nitrogen and oxygen atoms in total. The molecule has 3 fully saturated rings. The first-order chi connectivity index (χ1) is 10.6. The normalized spacial score (nSPS) is 41.6. The number of hydrogen-bond donors (Lipinski definition) is 0. The summed E-state index contributed by atoms with van der Waals surface area (Å²) in [5, 5.41) is 0. The molecule has 4 N–H and O–H groups in total. The van der Waals surface area contributed by atoms with E-state index < -0.39 is 6.17 Å². The summed E-state index contributed by atoms with van der Waals surface area (Å²) in [6, 6.07) is 0. The summed E-state index contributed by atoms with van der Waals surface area (Å²) in [5.74, 6) is 4.70. The lowest BCUT2D eigenvalue weighted by atomic mass is 9.67. The molecule has 0 aromatic carbocycles. The lowest BCUT2D eigenvalue weighted by Crippen LogP contribution is -2.33. The van der Waals surface area contributed by atoms with E-state index in [2.05, 4.69) is 13.8 Å². The van der Waals surface area contributed by atoms with Crippen LogP contribution in [0.25, 0.3) is 0 Å². The van der Waals surface area contributed by atoms with Crippen LogP contribution in [0.3, 0.4) is 0 Å².